The van der Waals surface area contributed by atoms with E-state index in [1.807, 2.05) is 51.2 Å². The second kappa shape index (κ2) is 8.19. The maximum atomic E-state index is 12.9. The van der Waals surface area contributed by atoms with Gasteiger partial charge in [-0.25, -0.2) is 4.98 Å². The normalized spacial score (nSPS) is 19.6. The Hall–Kier alpha value is -2.34. The largest absolute Gasteiger partial charge is 0.303 e. The van der Waals surface area contributed by atoms with E-state index in [1.165, 1.54) is 24.2 Å². The average Bonchev–Trinajstić information content (AvgIpc) is 3.13. The highest BCUT2D eigenvalue weighted by Crippen LogP contribution is 2.35. The molecule has 2 aromatic rings. The predicted octanol–water partition coefficient (Wildman–Crippen LogP) is 5.41. The van der Waals surface area contributed by atoms with Crippen LogP contribution in [0.25, 0.3) is 11.9 Å². The first kappa shape index (κ1) is 20.0. The van der Waals surface area contributed by atoms with Crippen molar-refractivity contribution in [3.8, 4) is 5.82 Å². The van der Waals surface area contributed by atoms with Crippen molar-refractivity contribution < 1.29 is 9.59 Å². The van der Waals surface area contributed by atoms with Crippen LogP contribution in [0.4, 0.5) is 4.79 Å². The Bertz CT molecular complexity index is 969. The lowest BCUT2D eigenvalue weighted by Crippen LogP contribution is -2.34. The Morgan fingerprint density at radius 3 is 2.59 bits per heavy atom. The van der Waals surface area contributed by atoms with Crippen molar-refractivity contribution in [2.45, 2.75) is 52.9 Å². The molecule has 0 atom stereocenters. The molecule has 2 fully saturated rings. The molecule has 0 bridgehead atoms. The molecule has 1 aliphatic heterocycles. The maximum absolute atomic E-state index is 12.9. The van der Waals surface area contributed by atoms with E-state index < -0.39 is 0 Å². The number of hydrogen-bond acceptors (Lipinski definition) is 4. The van der Waals surface area contributed by atoms with Crippen molar-refractivity contribution in [2.75, 3.05) is 6.54 Å². The molecule has 1 saturated carbocycles. The molecular weight excluding hydrogens is 382 g/mol. The van der Waals surface area contributed by atoms with Crippen LogP contribution < -0.4 is 0 Å². The van der Waals surface area contributed by atoms with E-state index in [-0.39, 0.29) is 11.1 Å². The fraction of sp³-hybridized carbons (Fsp3) is 0.435. The van der Waals surface area contributed by atoms with Crippen LogP contribution in [-0.2, 0) is 4.79 Å². The van der Waals surface area contributed by atoms with E-state index in [9.17, 15) is 9.59 Å². The van der Waals surface area contributed by atoms with Gasteiger partial charge < -0.3 is 4.57 Å². The summed E-state index contributed by atoms with van der Waals surface area (Å²) in [6, 6.07) is 6.08. The highest BCUT2D eigenvalue weighted by molar-refractivity contribution is 8.18. The number of thioether (sulfide) groups is 1. The van der Waals surface area contributed by atoms with Crippen LogP contribution in [0, 0.1) is 26.7 Å². The third-order valence-electron chi connectivity index (χ3n) is 5.92. The summed E-state index contributed by atoms with van der Waals surface area (Å²) in [6.45, 7) is 6.63. The molecule has 1 saturated heterocycles. The second-order valence-corrected chi connectivity index (χ2v) is 9.15. The molecule has 2 aromatic heterocycles. The summed E-state index contributed by atoms with van der Waals surface area (Å²) in [5.74, 6) is 1.16. The van der Waals surface area contributed by atoms with E-state index in [2.05, 4.69) is 9.55 Å². The Balaban J connectivity index is 1.58. The van der Waals surface area contributed by atoms with Crippen molar-refractivity contribution >= 4 is 29.0 Å². The van der Waals surface area contributed by atoms with Gasteiger partial charge in [-0.1, -0.05) is 25.3 Å². The summed E-state index contributed by atoms with van der Waals surface area (Å²) in [7, 11) is 0. The molecule has 5 nitrogen and oxygen atoms in total. The molecule has 2 aliphatic rings. The van der Waals surface area contributed by atoms with Crippen molar-refractivity contribution in [3.05, 3.63) is 51.8 Å². The van der Waals surface area contributed by atoms with E-state index in [0.29, 0.717) is 17.4 Å². The van der Waals surface area contributed by atoms with Gasteiger partial charge in [-0.15, -0.1) is 0 Å². The van der Waals surface area contributed by atoms with Crippen LogP contribution in [0.3, 0.4) is 0 Å². The van der Waals surface area contributed by atoms with Crippen LogP contribution in [0.5, 0.6) is 0 Å². The molecule has 29 heavy (non-hydrogen) atoms. The molecule has 6 heteroatoms. The second-order valence-electron chi connectivity index (χ2n) is 8.15. The fourth-order valence-corrected chi connectivity index (χ4v) is 5.14. The molecule has 152 valence electrons. The van der Waals surface area contributed by atoms with Crippen molar-refractivity contribution in [1.82, 2.24) is 14.5 Å². The van der Waals surface area contributed by atoms with Gasteiger partial charge in [-0.3, -0.25) is 14.5 Å². The Morgan fingerprint density at radius 2 is 1.90 bits per heavy atom. The number of aryl methyl sites for hydroxylation is 2. The Labute approximate surface area is 176 Å². The van der Waals surface area contributed by atoms with Gasteiger partial charge in [0.15, 0.2) is 0 Å². The molecule has 0 N–H and O–H groups in total. The molecule has 0 radical (unpaired) electrons. The number of rotatable bonds is 4. The van der Waals surface area contributed by atoms with E-state index >= 15 is 0 Å². The first-order valence-electron chi connectivity index (χ1n) is 10.3. The molecule has 2 amide bonds. The van der Waals surface area contributed by atoms with Crippen LogP contribution in [0.2, 0.25) is 0 Å². The fourth-order valence-electron chi connectivity index (χ4n) is 4.31. The van der Waals surface area contributed by atoms with E-state index in [4.69, 9.17) is 0 Å². The van der Waals surface area contributed by atoms with E-state index in [1.54, 1.807) is 0 Å². The van der Waals surface area contributed by atoms with Gasteiger partial charge in [-0.2, -0.15) is 0 Å². The zero-order valence-corrected chi connectivity index (χ0v) is 18.1. The number of aromatic nitrogens is 2. The number of nitrogens with zero attached hydrogens (tertiary/aromatic N) is 3. The molecule has 1 aliphatic carbocycles. The molecule has 0 unspecified atom stereocenters. The number of carbonyl (C=O) groups is 2. The van der Waals surface area contributed by atoms with Gasteiger partial charge in [0.05, 0.1) is 4.91 Å². The van der Waals surface area contributed by atoms with Crippen molar-refractivity contribution in [3.63, 3.8) is 0 Å². The topological polar surface area (TPSA) is 55.2 Å². The third-order valence-corrected chi connectivity index (χ3v) is 6.83. The summed E-state index contributed by atoms with van der Waals surface area (Å²) in [5.41, 5.74) is 4.13. The first-order valence-corrected chi connectivity index (χ1v) is 11.1. The third kappa shape index (κ3) is 4.04. The lowest BCUT2D eigenvalue weighted by atomic mass is 9.89. The molecule has 3 heterocycles. The molecule has 0 aromatic carbocycles. The lowest BCUT2D eigenvalue weighted by Gasteiger charge is -2.25. The van der Waals surface area contributed by atoms with Gasteiger partial charge in [0.2, 0.25) is 0 Å². The smallest absolute Gasteiger partial charge is 0.293 e. The Morgan fingerprint density at radius 1 is 1.14 bits per heavy atom. The van der Waals surface area contributed by atoms with Crippen LogP contribution >= 0.6 is 11.8 Å². The standard InChI is InChI=1S/C23H27N3O2S/c1-15-9-10-21(24-13-15)26-16(2)11-19(17(26)3)12-20-22(27)25(23(28)29-20)14-18-7-5-4-6-8-18/h9-13,18H,4-8,14H2,1-3H3/b20-12+. The minimum atomic E-state index is -0.149. The highest BCUT2D eigenvalue weighted by Gasteiger charge is 2.36. The van der Waals surface area contributed by atoms with Crippen LogP contribution in [-0.4, -0.2) is 32.1 Å². The van der Waals surface area contributed by atoms with Gasteiger partial charge in [0.1, 0.15) is 5.82 Å². The summed E-state index contributed by atoms with van der Waals surface area (Å²) in [4.78, 5) is 31.9. The predicted molar refractivity (Wildman–Crippen MR) is 117 cm³/mol. The maximum Gasteiger partial charge on any atom is 0.293 e. The summed E-state index contributed by atoms with van der Waals surface area (Å²) in [6.07, 6.45) is 9.62. The van der Waals surface area contributed by atoms with Gasteiger partial charge in [-0.05, 0) is 80.6 Å². The summed E-state index contributed by atoms with van der Waals surface area (Å²) < 4.78 is 2.08. The lowest BCUT2D eigenvalue weighted by molar-refractivity contribution is -0.123. The van der Waals surface area contributed by atoms with Gasteiger partial charge >= 0.3 is 0 Å². The minimum absolute atomic E-state index is 0.138. The number of carbonyl (C=O) groups excluding carboxylic acids is 2. The number of imide groups is 1. The average molecular weight is 410 g/mol. The van der Waals surface area contributed by atoms with Crippen LogP contribution in [0.1, 0.15) is 54.6 Å². The Kier molecular flexibility index (Phi) is 5.63. The zero-order chi connectivity index (χ0) is 20.5. The summed E-state index contributed by atoms with van der Waals surface area (Å²) in [5, 5.41) is -0.138. The van der Waals surface area contributed by atoms with Gasteiger partial charge in [0, 0.05) is 24.1 Å². The highest BCUT2D eigenvalue weighted by atomic mass is 32.2. The van der Waals surface area contributed by atoms with Gasteiger partial charge in [0.25, 0.3) is 11.1 Å². The molecule has 4 rings (SSSR count). The monoisotopic (exact) mass is 409 g/mol. The van der Waals surface area contributed by atoms with E-state index in [0.717, 1.165) is 52.9 Å². The first-order chi connectivity index (χ1) is 13.9. The number of pyridine rings is 1. The van der Waals surface area contributed by atoms with Crippen molar-refractivity contribution in [2.24, 2.45) is 5.92 Å². The number of hydrogen-bond donors (Lipinski definition) is 0. The van der Waals surface area contributed by atoms with Crippen LogP contribution in [0.15, 0.2) is 29.3 Å². The molecular formula is C23H27N3O2S. The van der Waals surface area contributed by atoms with Crippen molar-refractivity contribution in [1.29, 1.82) is 0 Å². The summed E-state index contributed by atoms with van der Waals surface area (Å²) >= 11 is 1.06. The quantitative estimate of drug-likeness (QED) is 0.633. The SMILES string of the molecule is Cc1ccc(-n2c(C)cc(/C=C3/SC(=O)N(CC4CCCCC4)C3=O)c2C)nc1. The minimum Gasteiger partial charge on any atom is -0.303 e. The molecule has 0 spiro atoms. The number of amides is 2. The zero-order valence-electron chi connectivity index (χ0n) is 17.3.